The van der Waals surface area contributed by atoms with Crippen molar-refractivity contribution in [2.75, 3.05) is 25.4 Å². The van der Waals surface area contributed by atoms with Crippen LogP contribution in [0.5, 0.6) is 0 Å². The second-order valence-corrected chi connectivity index (χ2v) is 16.3. The molecule has 0 saturated carbocycles. The summed E-state index contributed by atoms with van der Waals surface area (Å²) in [6, 6.07) is 19.9. The molecule has 0 bridgehead atoms. The molecule has 3 aromatic carbocycles. The summed E-state index contributed by atoms with van der Waals surface area (Å²) in [5.74, 6) is -1.46. The van der Waals surface area contributed by atoms with Gasteiger partial charge in [0.25, 0.3) is 5.91 Å². The predicted octanol–water partition coefficient (Wildman–Crippen LogP) is 5.08. The van der Waals surface area contributed by atoms with E-state index < -0.39 is 46.1 Å². The lowest BCUT2D eigenvalue weighted by atomic mass is 9.95. The minimum absolute atomic E-state index is 0.0147. The highest BCUT2D eigenvalue weighted by Gasteiger charge is 2.45. The van der Waals surface area contributed by atoms with E-state index >= 15 is 0 Å². The van der Waals surface area contributed by atoms with Crippen LogP contribution in [-0.4, -0.2) is 88.3 Å². The highest BCUT2D eigenvalue weighted by molar-refractivity contribution is 7.89. The van der Waals surface area contributed by atoms with Crippen molar-refractivity contribution in [1.29, 1.82) is 0 Å². The van der Waals surface area contributed by atoms with Gasteiger partial charge in [-0.1, -0.05) is 94.2 Å². The number of aromatic nitrogens is 1. The van der Waals surface area contributed by atoms with Crippen molar-refractivity contribution in [1.82, 2.24) is 24.4 Å². The van der Waals surface area contributed by atoms with Crippen molar-refractivity contribution < 1.29 is 27.9 Å². The molecule has 282 valence electrons. The summed E-state index contributed by atoms with van der Waals surface area (Å²) in [4.78, 5) is 48.5. The zero-order chi connectivity index (χ0) is 38.4. The third-order valence-corrected chi connectivity index (χ3v) is 11.8. The lowest BCUT2D eigenvalue weighted by Crippen LogP contribution is -2.57. The van der Waals surface area contributed by atoms with Gasteiger partial charge in [0.15, 0.2) is 0 Å². The maximum atomic E-state index is 14.4. The number of hydrogen-bond donors (Lipinski definition) is 3. The van der Waals surface area contributed by atoms with Crippen molar-refractivity contribution in [2.45, 2.75) is 70.2 Å². The molecule has 1 aromatic heterocycles. The predicted molar refractivity (Wildman–Crippen MR) is 205 cm³/mol. The monoisotopic (exact) mass is 762 g/mol. The fraction of sp³-hybridized carbons (Fsp3) is 0.385. The first kappa shape index (κ1) is 39.6. The number of aliphatic hydroxyl groups is 1. The molecule has 4 atom stereocenters. The average molecular weight is 763 g/mol. The number of anilines is 1. The number of urea groups is 1. The van der Waals surface area contributed by atoms with E-state index in [9.17, 15) is 27.9 Å². The molecule has 5 rings (SSSR count). The van der Waals surface area contributed by atoms with Crippen LogP contribution >= 0.6 is 11.6 Å². The maximum absolute atomic E-state index is 14.4. The molecular formula is C39H47ClN6O6S. The quantitative estimate of drug-likeness (QED) is 0.105. The molecule has 0 radical (unpaired) electrons. The molecule has 4 amide bonds. The van der Waals surface area contributed by atoms with Gasteiger partial charge in [0.2, 0.25) is 15.9 Å². The summed E-state index contributed by atoms with van der Waals surface area (Å²) >= 11 is 6.07. The van der Waals surface area contributed by atoms with Crippen molar-refractivity contribution in [3.05, 3.63) is 101 Å². The lowest BCUT2D eigenvalue weighted by molar-refractivity contribution is -0.129. The number of nitrogens with one attached hydrogen (secondary N) is 1. The normalized spacial score (nSPS) is 16.0. The number of nitrogens with zero attached hydrogens (tertiary/aromatic N) is 4. The molecule has 1 aliphatic heterocycles. The van der Waals surface area contributed by atoms with Crippen molar-refractivity contribution in [3.8, 4) is 0 Å². The van der Waals surface area contributed by atoms with E-state index in [1.807, 2.05) is 82.3 Å². The largest absolute Gasteiger partial charge is 0.397 e. The first-order valence-electron chi connectivity index (χ1n) is 17.7. The Morgan fingerprint density at radius 3 is 2.40 bits per heavy atom. The van der Waals surface area contributed by atoms with Gasteiger partial charge in [-0.3, -0.25) is 19.5 Å². The Bertz CT molecular complexity index is 2040. The number of nitrogens with two attached hydrogens (primary N) is 1. The first-order chi connectivity index (χ1) is 25.2. The molecular weight excluding hydrogens is 716 g/mol. The summed E-state index contributed by atoms with van der Waals surface area (Å²) in [5.41, 5.74) is 8.33. The Hall–Kier alpha value is -4.56. The van der Waals surface area contributed by atoms with E-state index in [-0.39, 0.29) is 60.0 Å². The SMILES string of the molecule is CC[C@H](C)[C@@H](C(=O)N[C@@H](Cc1ccccc1)[C@H](O)CN(CC(C)C)S(=O)(=O)c1ccc(Cl)c(N)c1)N1CC(=O)N(Cc2ccnc3ccccc23)C1=O. The number of carbonyl (C=O) groups is 3. The number of sulfonamides is 1. The zero-order valence-electron chi connectivity index (χ0n) is 30.4. The van der Waals surface area contributed by atoms with Crippen LogP contribution in [0.25, 0.3) is 10.9 Å². The second kappa shape index (κ2) is 17.1. The third kappa shape index (κ3) is 9.15. The number of pyridine rings is 1. The van der Waals surface area contributed by atoms with Gasteiger partial charge in [0, 0.05) is 24.7 Å². The highest BCUT2D eigenvalue weighted by Crippen LogP contribution is 2.28. The maximum Gasteiger partial charge on any atom is 0.328 e. The number of nitrogen functional groups attached to an aromatic ring is 1. The van der Waals surface area contributed by atoms with Crippen molar-refractivity contribution in [2.24, 2.45) is 11.8 Å². The van der Waals surface area contributed by atoms with E-state index in [1.54, 1.807) is 12.3 Å². The number of hydrogen-bond acceptors (Lipinski definition) is 8. The molecule has 1 saturated heterocycles. The van der Waals surface area contributed by atoms with Crippen LogP contribution in [0.1, 0.15) is 45.2 Å². The number of carbonyl (C=O) groups excluding carboxylic acids is 3. The summed E-state index contributed by atoms with van der Waals surface area (Å²) in [7, 11) is -4.15. The van der Waals surface area contributed by atoms with E-state index in [2.05, 4.69) is 10.3 Å². The van der Waals surface area contributed by atoms with E-state index in [4.69, 9.17) is 17.3 Å². The molecule has 1 fully saturated rings. The molecule has 0 unspecified atom stereocenters. The number of fused-ring (bicyclic) bond motifs is 1. The molecule has 12 nitrogen and oxygen atoms in total. The van der Waals surface area contributed by atoms with Gasteiger partial charge in [-0.05, 0) is 59.7 Å². The second-order valence-electron chi connectivity index (χ2n) is 14.0. The van der Waals surface area contributed by atoms with Gasteiger partial charge in [-0.15, -0.1) is 0 Å². The fourth-order valence-corrected chi connectivity index (χ4v) is 8.37. The topological polar surface area (TPSA) is 166 Å². The van der Waals surface area contributed by atoms with Crippen molar-refractivity contribution in [3.63, 3.8) is 0 Å². The Morgan fingerprint density at radius 2 is 1.72 bits per heavy atom. The summed E-state index contributed by atoms with van der Waals surface area (Å²) in [5, 5.41) is 15.8. The number of benzene rings is 3. The number of amides is 4. The molecule has 4 aromatic rings. The molecule has 4 N–H and O–H groups in total. The van der Waals surface area contributed by atoms with Gasteiger partial charge in [0.1, 0.15) is 12.6 Å². The number of rotatable bonds is 16. The smallest absolute Gasteiger partial charge is 0.328 e. The van der Waals surface area contributed by atoms with E-state index in [0.29, 0.717) is 6.42 Å². The van der Waals surface area contributed by atoms with Gasteiger partial charge in [-0.25, -0.2) is 13.2 Å². The van der Waals surface area contributed by atoms with Gasteiger partial charge in [0.05, 0.1) is 39.8 Å². The average Bonchev–Trinajstić information content (AvgIpc) is 3.40. The standard InChI is InChI=1S/C39H47ClN6O6S/c1-5-26(4)37(46-24-36(48)45(39(46)50)22-28-17-18-42-33-14-10-9-13-30(28)33)38(49)43-34(19-27-11-7-6-8-12-27)35(47)23-44(21-25(2)3)53(51,52)29-15-16-31(40)32(41)20-29/h6-18,20,25-26,34-35,37,47H,5,19,21-24,41H2,1-4H3,(H,43,49)/t26-,34-,35+,37-/m0/s1. The molecule has 53 heavy (non-hydrogen) atoms. The molecule has 0 aliphatic carbocycles. The van der Waals surface area contributed by atoms with Gasteiger partial charge < -0.3 is 21.1 Å². The molecule has 1 aliphatic rings. The Labute approximate surface area is 316 Å². The van der Waals surface area contributed by atoms with Crippen molar-refractivity contribution >= 4 is 56.1 Å². The third-order valence-electron chi connectivity index (χ3n) is 9.59. The number of halogens is 1. The van der Waals surface area contributed by atoms with Crippen LogP contribution in [0.3, 0.4) is 0 Å². The Morgan fingerprint density at radius 1 is 1.02 bits per heavy atom. The van der Waals surface area contributed by atoms with Crippen LogP contribution in [0.4, 0.5) is 10.5 Å². The lowest BCUT2D eigenvalue weighted by Gasteiger charge is -2.34. The van der Waals surface area contributed by atoms with E-state index in [0.717, 1.165) is 26.9 Å². The van der Waals surface area contributed by atoms with E-state index in [1.165, 1.54) is 27.4 Å². The van der Waals surface area contributed by atoms with Crippen LogP contribution in [-0.2, 0) is 32.6 Å². The Balaban J connectivity index is 1.42. The summed E-state index contributed by atoms with van der Waals surface area (Å²) in [6.45, 7) is 6.91. The number of imide groups is 1. The fourth-order valence-electron chi connectivity index (χ4n) is 6.59. The Kier molecular flexibility index (Phi) is 12.8. The minimum atomic E-state index is -4.15. The van der Waals surface area contributed by atoms with Crippen LogP contribution < -0.4 is 11.1 Å². The number of aliphatic hydroxyl groups excluding tert-OH is 1. The zero-order valence-corrected chi connectivity index (χ0v) is 31.9. The van der Waals surface area contributed by atoms with Gasteiger partial charge in [-0.2, -0.15) is 4.31 Å². The minimum Gasteiger partial charge on any atom is -0.397 e. The highest BCUT2D eigenvalue weighted by atomic mass is 35.5. The molecule has 0 spiro atoms. The molecule has 2 heterocycles. The number of para-hydroxylation sites is 1. The first-order valence-corrected chi connectivity index (χ1v) is 19.5. The summed E-state index contributed by atoms with van der Waals surface area (Å²) < 4.78 is 29.0. The molecule has 14 heteroatoms. The van der Waals surface area contributed by atoms with Crippen LogP contribution in [0.2, 0.25) is 5.02 Å². The van der Waals surface area contributed by atoms with Crippen LogP contribution in [0.15, 0.2) is 90.0 Å². The van der Waals surface area contributed by atoms with Crippen LogP contribution in [0, 0.1) is 11.8 Å². The van der Waals surface area contributed by atoms with Gasteiger partial charge >= 0.3 is 6.03 Å². The summed E-state index contributed by atoms with van der Waals surface area (Å²) in [6.07, 6.45) is 0.939.